The number of carbonyl (C=O) groups is 1. The number of hydrazone groups is 1. The van der Waals surface area contributed by atoms with E-state index >= 15 is 0 Å². The van der Waals surface area contributed by atoms with Crippen LogP contribution in [-0.2, 0) is 9.53 Å². The average molecular weight is 380 g/mol. The molecule has 0 aliphatic carbocycles. The Labute approximate surface area is 152 Å². The molecule has 128 valence electrons. The third kappa shape index (κ3) is 3.42. The molecule has 1 heterocycles. The Hall–Kier alpha value is -2.64. The van der Waals surface area contributed by atoms with Crippen molar-refractivity contribution >= 4 is 40.7 Å². The summed E-state index contributed by atoms with van der Waals surface area (Å²) in [6.45, 7) is 1.34. The standard InChI is InChI=1S/C16H11Cl2N3O4/c1-9(22)20-16(11-3-2-4-12(17)7-11)25-15(19-20)10-5-6-13(18)14(8-10)21(23)24/h2-8,16H,1H3/t16-/m1/s1. The van der Waals surface area contributed by atoms with Gasteiger partial charge in [-0.2, -0.15) is 5.01 Å². The fourth-order valence-electron chi connectivity index (χ4n) is 2.35. The van der Waals surface area contributed by atoms with Crippen LogP contribution in [0.25, 0.3) is 0 Å². The van der Waals surface area contributed by atoms with Crippen LogP contribution in [0.15, 0.2) is 47.6 Å². The minimum absolute atomic E-state index is 0.00200. The topological polar surface area (TPSA) is 85.0 Å². The minimum atomic E-state index is -0.805. The molecule has 0 spiro atoms. The third-order valence-corrected chi connectivity index (χ3v) is 4.04. The van der Waals surface area contributed by atoms with Gasteiger partial charge in [-0.05, 0) is 24.3 Å². The Morgan fingerprint density at radius 3 is 2.68 bits per heavy atom. The average Bonchev–Trinajstić information content (AvgIpc) is 3.00. The number of ether oxygens (including phenoxy) is 1. The van der Waals surface area contributed by atoms with E-state index in [2.05, 4.69) is 5.10 Å². The molecule has 0 bridgehead atoms. The van der Waals surface area contributed by atoms with E-state index in [9.17, 15) is 14.9 Å². The number of rotatable bonds is 3. The Kier molecular flexibility index (Phi) is 4.61. The molecule has 0 aromatic heterocycles. The molecule has 2 aromatic carbocycles. The summed E-state index contributed by atoms with van der Waals surface area (Å²) in [6.07, 6.45) is -0.805. The molecule has 9 heteroatoms. The quantitative estimate of drug-likeness (QED) is 0.592. The van der Waals surface area contributed by atoms with Gasteiger partial charge in [0.15, 0.2) is 0 Å². The van der Waals surface area contributed by atoms with Gasteiger partial charge >= 0.3 is 0 Å². The molecule has 2 aromatic rings. The number of halogens is 2. The zero-order valence-electron chi connectivity index (χ0n) is 12.8. The van der Waals surface area contributed by atoms with Gasteiger partial charge in [0, 0.05) is 29.1 Å². The first kappa shape index (κ1) is 17.2. The molecule has 0 radical (unpaired) electrons. The van der Waals surface area contributed by atoms with Crippen LogP contribution in [0.4, 0.5) is 5.69 Å². The zero-order chi connectivity index (χ0) is 18.1. The number of nitro groups is 1. The number of nitrogens with zero attached hydrogens (tertiary/aromatic N) is 3. The van der Waals surface area contributed by atoms with Crippen LogP contribution in [0, 0.1) is 10.1 Å². The molecule has 0 fully saturated rings. The van der Waals surface area contributed by atoms with E-state index in [1.54, 1.807) is 24.3 Å². The molecular formula is C16H11Cl2N3O4. The van der Waals surface area contributed by atoms with E-state index in [-0.39, 0.29) is 22.5 Å². The molecule has 0 N–H and O–H groups in total. The maximum absolute atomic E-state index is 11.9. The van der Waals surface area contributed by atoms with Crippen molar-refractivity contribution < 1.29 is 14.5 Å². The predicted octanol–water partition coefficient (Wildman–Crippen LogP) is 4.14. The number of hydrogen-bond acceptors (Lipinski definition) is 5. The van der Waals surface area contributed by atoms with E-state index in [0.29, 0.717) is 16.1 Å². The van der Waals surface area contributed by atoms with Crippen LogP contribution in [-0.4, -0.2) is 21.7 Å². The van der Waals surface area contributed by atoms with Crippen LogP contribution in [0.3, 0.4) is 0 Å². The fraction of sp³-hybridized carbons (Fsp3) is 0.125. The molecule has 7 nitrogen and oxygen atoms in total. The lowest BCUT2D eigenvalue weighted by Gasteiger charge is -2.19. The van der Waals surface area contributed by atoms with E-state index in [0.717, 1.165) is 5.01 Å². The maximum atomic E-state index is 11.9. The second-order valence-electron chi connectivity index (χ2n) is 5.22. The highest BCUT2D eigenvalue weighted by molar-refractivity contribution is 6.32. The molecule has 0 unspecified atom stereocenters. The fourth-order valence-corrected chi connectivity index (χ4v) is 2.73. The highest BCUT2D eigenvalue weighted by Gasteiger charge is 2.33. The van der Waals surface area contributed by atoms with Crippen LogP contribution < -0.4 is 0 Å². The summed E-state index contributed by atoms with van der Waals surface area (Å²) in [5.74, 6) is -0.261. The van der Waals surface area contributed by atoms with Crippen molar-refractivity contribution in [1.82, 2.24) is 5.01 Å². The van der Waals surface area contributed by atoms with Gasteiger partial charge in [-0.1, -0.05) is 35.3 Å². The number of benzene rings is 2. The van der Waals surface area contributed by atoms with E-state index in [1.165, 1.54) is 25.1 Å². The molecular weight excluding hydrogens is 369 g/mol. The van der Waals surface area contributed by atoms with Crippen molar-refractivity contribution in [1.29, 1.82) is 0 Å². The molecule has 1 atom stereocenters. The first-order chi connectivity index (χ1) is 11.9. The van der Waals surface area contributed by atoms with Gasteiger partial charge in [0.05, 0.1) is 4.92 Å². The lowest BCUT2D eigenvalue weighted by Crippen LogP contribution is -2.25. The number of nitro benzene ring substituents is 1. The second kappa shape index (κ2) is 6.70. The van der Waals surface area contributed by atoms with Crippen molar-refractivity contribution in [3.05, 3.63) is 73.8 Å². The van der Waals surface area contributed by atoms with Crippen LogP contribution >= 0.6 is 23.2 Å². The summed E-state index contributed by atoms with van der Waals surface area (Å²) >= 11 is 11.8. The van der Waals surface area contributed by atoms with Crippen molar-refractivity contribution in [2.24, 2.45) is 5.10 Å². The normalized spacial score (nSPS) is 16.4. The maximum Gasteiger partial charge on any atom is 0.288 e. The molecule has 1 aliphatic heterocycles. The highest BCUT2D eigenvalue weighted by Crippen LogP contribution is 2.33. The Morgan fingerprint density at radius 2 is 2.04 bits per heavy atom. The first-order valence-corrected chi connectivity index (χ1v) is 7.87. The van der Waals surface area contributed by atoms with E-state index in [4.69, 9.17) is 27.9 Å². The molecule has 25 heavy (non-hydrogen) atoms. The summed E-state index contributed by atoms with van der Waals surface area (Å²) in [5, 5.41) is 16.8. The van der Waals surface area contributed by atoms with Gasteiger partial charge in [0.1, 0.15) is 5.02 Å². The lowest BCUT2D eigenvalue weighted by molar-refractivity contribution is -0.384. The van der Waals surface area contributed by atoms with Gasteiger partial charge in [-0.25, -0.2) is 0 Å². The highest BCUT2D eigenvalue weighted by atomic mass is 35.5. The summed E-state index contributed by atoms with van der Waals surface area (Å²) in [6, 6.07) is 11.0. The molecule has 1 amide bonds. The van der Waals surface area contributed by atoms with Crippen molar-refractivity contribution in [3.63, 3.8) is 0 Å². The third-order valence-electron chi connectivity index (χ3n) is 3.49. The van der Waals surface area contributed by atoms with Crippen molar-refractivity contribution in [2.75, 3.05) is 0 Å². The van der Waals surface area contributed by atoms with Crippen molar-refractivity contribution in [2.45, 2.75) is 13.2 Å². The van der Waals surface area contributed by atoms with Crippen LogP contribution in [0.2, 0.25) is 10.0 Å². The Bertz CT molecular complexity index is 901. The molecule has 0 saturated heterocycles. The van der Waals surface area contributed by atoms with Crippen molar-refractivity contribution in [3.8, 4) is 0 Å². The first-order valence-electron chi connectivity index (χ1n) is 7.11. The Balaban J connectivity index is 1.99. The minimum Gasteiger partial charge on any atom is -0.446 e. The summed E-state index contributed by atoms with van der Waals surface area (Å²) in [4.78, 5) is 22.3. The molecule has 0 saturated carbocycles. The SMILES string of the molecule is CC(=O)N1N=C(c2ccc(Cl)c([N+](=O)[O-])c2)O[C@@H]1c1cccc(Cl)c1. The van der Waals surface area contributed by atoms with Crippen LogP contribution in [0.5, 0.6) is 0 Å². The van der Waals surface area contributed by atoms with Gasteiger partial charge in [0.2, 0.25) is 18.0 Å². The second-order valence-corrected chi connectivity index (χ2v) is 6.06. The smallest absolute Gasteiger partial charge is 0.288 e. The lowest BCUT2D eigenvalue weighted by atomic mass is 10.2. The van der Waals surface area contributed by atoms with E-state index < -0.39 is 11.2 Å². The van der Waals surface area contributed by atoms with Gasteiger partial charge < -0.3 is 4.74 Å². The van der Waals surface area contributed by atoms with E-state index in [1.807, 2.05) is 0 Å². The Morgan fingerprint density at radius 1 is 1.28 bits per heavy atom. The summed E-state index contributed by atoms with van der Waals surface area (Å²) in [7, 11) is 0. The number of hydrogen-bond donors (Lipinski definition) is 0. The summed E-state index contributed by atoms with van der Waals surface area (Å²) in [5.41, 5.74) is 0.697. The number of carbonyl (C=O) groups excluding carboxylic acids is 1. The van der Waals surface area contributed by atoms with Crippen LogP contribution in [0.1, 0.15) is 24.3 Å². The molecule has 3 rings (SSSR count). The largest absolute Gasteiger partial charge is 0.446 e. The number of amides is 1. The monoisotopic (exact) mass is 379 g/mol. The van der Waals surface area contributed by atoms with Gasteiger partial charge in [-0.15, -0.1) is 5.10 Å². The van der Waals surface area contributed by atoms with Gasteiger partial charge in [-0.3, -0.25) is 14.9 Å². The summed E-state index contributed by atoms with van der Waals surface area (Å²) < 4.78 is 5.77. The molecule has 1 aliphatic rings. The predicted molar refractivity (Wildman–Crippen MR) is 92.4 cm³/mol. The van der Waals surface area contributed by atoms with Gasteiger partial charge in [0.25, 0.3) is 5.69 Å². The zero-order valence-corrected chi connectivity index (χ0v) is 14.4.